The van der Waals surface area contributed by atoms with Gasteiger partial charge >= 0.3 is 0 Å². The third kappa shape index (κ3) is 3.19. The quantitative estimate of drug-likeness (QED) is 0.717. The molecular weight excluding hydrogens is 226 g/mol. The van der Waals surface area contributed by atoms with Crippen molar-refractivity contribution in [2.24, 2.45) is 5.16 Å². The van der Waals surface area contributed by atoms with Crippen molar-refractivity contribution >= 4 is 11.5 Å². The smallest absolute Gasteiger partial charge is 0.180 e. The first-order valence-electron chi connectivity index (χ1n) is 6.62. The molecule has 1 aliphatic heterocycles. The van der Waals surface area contributed by atoms with Crippen molar-refractivity contribution in [2.75, 3.05) is 0 Å². The largest absolute Gasteiger partial charge is 0.387 e. The number of benzene rings is 1. The van der Waals surface area contributed by atoms with Crippen LogP contribution in [0.15, 0.2) is 35.5 Å². The van der Waals surface area contributed by atoms with Gasteiger partial charge < -0.3 is 4.84 Å². The summed E-state index contributed by atoms with van der Waals surface area (Å²) in [6.45, 7) is 2.13. The van der Waals surface area contributed by atoms with Crippen LogP contribution in [0.3, 0.4) is 0 Å². The van der Waals surface area contributed by atoms with Crippen molar-refractivity contribution in [2.45, 2.75) is 45.1 Å². The van der Waals surface area contributed by atoms with Crippen LogP contribution in [0.2, 0.25) is 0 Å². The molecule has 0 radical (unpaired) electrons. The molecule has 3 nitrogen and oxygen atoms in total. The Kier molecular flexibility index (Phi) is 4.51. The van der Waals surface area contributed by atoms with Gasteiger partial charge in [-0.05, 0) is 12.0 Å². The number of Topliss-reactive ketones (excluding diaryl/α,β-unsaturated/α-hetero) is 1. The fraction of sp³-hybridized carbons (Fsp3) is 0.467. The lowest BCUT2D eigenvalue weighted by atomic mass is 10.0. The Bertz CT molecular complexity index is 425. The van der Waals surface area contributed by atoms with Crippen LogP contribution >= 0.6 is 0 Å². The Morgan fingerprint density at radius 3 is 2.83 bits per heavy atom. The second-order valence-corrected chi connectivity index (χ2v) is 4.63. The molecule has 1 unspecified atom stereocenters. The normalized spacial score (nSPS) is 18.3. The van der Waals surface area contributed by atoms with Crippen LogP contribution in [0.5, 0.6) is 0 Å². The van der Waals surface area contributed by atoms with E-state index in [2.05, 4.69) is 12.1 Å². The van der Waals surface area contributed by atoms with Crippen molar-refractivity contribution in [3.05, 3.63) is 35.9 Å². The highest BCUT2D eigenvalue weighted by Crippen LogP contribution is 2.27. The van der Waals surface area contributed by atoms with E-state index in [1.54, 1.807) is 0 Å². The van der Waals surface area contributed by atoms with Crippen molar-refractivity contribution < 1.29 is 9.63 Å². The maximum Gasteiger partial charge on any atom is 0.180 e. The number of oxime groups is 1. The van der Waals surface area contributed by atoms with E-state index in [-0.39, 0.29) is 11.9 Å². The summed E-state index contributed by atoms with van der Waals surface area (Å²) in [5, 5.41) is 3.94. The van der Waals surface area contributed by atoms with Gasteiger partial charge in [0.25, 0.3) is 0 Å². The van der Waals surface area contributed by atoms with Crippen LogP contribution in [-0.4, -0.2) is 11.5 Å². The summed E-state index contributed by atoms with van der Waals surface area (Å²) in [6, 6.07) is 9.92. The molecule has 0 saturated carbocycles. The van der Waals surface area contributed by atoms with Crippen molar-refractivity contribution in [3.63, 3.8) is 0 Å². The average Bonchev–Trinajstić information content (AvgIpc) is 2.89. The van der Waals surface area contributed by atoms with E-state index in [1.807, 2.05) is 30.3 Å². The molecule has 0 aromatic heterocycles. The van der Waals surface area contributed by atoms with Crippen molar-refractivity contribution in [1.29, 1.82) is 0 Å². The second kappa shape index (κ2) is 6.34. The summed E-state index contributed by atoms with van der Waals surface area (Å²) in [6.07, 6.45) is 4.29. The van der Waals surface area contributed by atoms with Gasteiger partial charge in [-0.15, -0.1) is 0 Å². The van der Waals surface area contributed by atoms with Gasteiger partial charge in [0.15, 0.2) is 11.9 Å². The highest BCUT2D eigenvalue weighted by Gasteiger charge is 2.26. The molecule has 96 valence electrons. The lowest BCUT2D eigenvalue weighted by molar-refractivity contribution is -0.113. The van der Waals surface area contributed by atoms with Gasteiger partial charge in [0.2, 0.25) is 0 Å². The number of carbonyl (C=O) groups excluding carboxylic acids is 1. The topological polar surface area (TPSA) is 38.7 Å². The molecule has 1 atom stereocenters. The minimum atomic E-state index is -0.0867. The molecule has 0 bridgehead atoms. The van der Waals surface area contributed by atoms with Gasteiger partial charge in [-0.25, -0.2) is 0 Å². The fourth-order valence-corrected chi connectivity index (χ4v) is 2.07. The lowest BCUT2D eigenvalue weighted by Crippen LogP contribution is -2.12. The summed E-state index contributed by atoms with van der Waals surface area (Å²) in [4.78, 5) is 17.2. The number of unbranched alkanes of at least 4 members (excludes halogenated alkanes) is 2. The molecule has 0 amide bonds. The zero-order valence-corrected chi connectivity index (χ0v) is 10.8. The first kappa shape index (κ1) is 12.8. The molecule has 0 aliphatic carbocycles. The van der Waals surface area contributed by atoms with Crippen LogP contribution < -0.4 is 0 Å². The van der Waals surface area contributed by atoms with Gasteiger partial charge in [0, 0.05) is 12.8 Å². The van der Waals surface area contributed by atoms with Crippen LogP contribution in [0.4, 0.5) is 0 Å². The number of ketones is 1. The molecule has 1 aromatic carbocycles. The minimum Gasteiger partial charge on any atom is -0.387 e. The third-order valence-corrected chi connectivity index (χ3v) is 3.17. The fourth-order valence-electron chi connectivity index (χ4n) is 2.07. The Labute approximate surface area is 108 Å². The first-order chi connectivity index (χ1) is 8.81. The molecule has 0 N–H and O–H groups in total. The van der Waals surface area contributed by atoms with Gasteiger partial charge in [-0.2, -0.15) is 0 Å². The number of rotatable bonds is 6. The highest BCUT2D eigenvalue weighted by atomic mass is 16.6. The summed E-state index contributed by atoms with van der Waals surface area (Å²) in [5.41, 5.74) is 1.68. The molecule has 1 aliphatic rings. The molecular formula is C15H19NO2. The number of hydrogen-bond donors (Lipinski definition) is 0. The van der Waals surface area contributed by atoms with Gasteiger partial charge in [0.1, 0.15) is 5.71 Å². The Balaban J connectivity index is 1.86. The Hall–Kier alpha value is -1.64. The van der Waals surface area contributed by atoms with Crippen LogP contribution in [0.25, 0.3) is 0 Å². The average molecular weight is 245 g/mol. The Morgan fingerprint density at radius 2 is 2.11 bits per heavy atom. The molecule has 3 heteroatoms. The molecule has 18 heavy (non-hydrogen) atoms. The van der Waals surface area contributed by atoms with E-state index in [9.17, 15) is 4.79 Å². The zero-order valence-electron chi connectivity index (χ0n) is 10.8. The third-order valence-electron chi connectivity index (χ3n) is 3.17. The Morgan fingerprint density at radius 1 is 1.33 bits per heavy atom. The molecule has 1 heterocycles. The molecule has 0 spiro atoms. The second-order valence-electron chi connectivity index (χ2n) is 4.63. The maximum atomic E-state index is 11.9. The molecule has 0 saturated heterocycles. The predicted molar refractivity (Wildman–Crippen MR) is 71.5 cm³/mol. The van der Waals surface area contributed by atoms with Crippen LogP contribution in [0, 0.1) is 0 Å². The van der Waals surface area contributed by atoms with E-state index in [4.69, 9.17) is 4.84 Å². The van der Waals surface area contributed by atoms with E-state index >= 15 is 0 Å². The van der Waals surface area contributed by atoms with E-state index in [0.717, 1.165) is 24.8 Å². The minimum absolute atomic E-state index is 0.0867. The highest BCUT2D eigenvalue weighted by molar-refractivity contribution is 6.40. The number of hydrogen-bond acceptors (Lipinski definition) is 3. The van der Waals surface area contributed by atoms with Crippen LogP contribution in [0.1, 0.15) is 50.7 Å². The van der Waals surface area contributed by atoms with Crippen molar-refractivity contribution in [3.8, 4) is 0 Å². The van der Waals surface area contributed by atoms with Gasteiger partial charge in [0.05, 0.1) is 0 Å². The molecule has 1 aromatic rings. The maximum absolute atomic E-state index is 11.9. The zero-order chi connectivity index (χ0) is 12.8. The number of nitrogens with zero attached hydrogens (tertiary/aromatic N) is 1. The summed E-state index contributed by atoms with van der Waals surface area (Å²) >= 11 is 0. The summed E-state index contributed by atoms with van der Waals surface area (Å²) in [7, 11) is 0. The van der Waals surface area contributed by atoms with E-state index < -0.39 is 0 Å². The van der Waals surface area contributed by atoms with E-state index in [0.29, 0.717) is 18.6 Å². The predicted octanol–water partition coefficient (Wildman–Crippen LogP) is 3.65. The summed E-state index contributed by atoms with van der Waals surface area (Å²) in [5.74, 6) is 0.141. The molecule has 0 fully saturated rings. The van der Waals surface area contributed by atoms with E-state index in [1.165, 1.54) is 0 Å². The SMILES string of the molecule is CCCCCC(=O)C1=NOC(c2ccccc2)C1. The van der Waals surface area contributed by atoms with Gasteiger partial charge in [-0.3, -0.25) is 4.79 Å². The van der Waals surface area contributed by atoms with Crippen molar-refractivity contribution in [1.82, 2.24) is 0 Å². The monoisotopic (exact) mass is 245 g/mol. The number of carbonyl (C=O) groups is 1. The van der Waals surface area contributed by atoms with Crippen LogP contribution in [-0.2, 0) is 9.63 Å². The first-order valence-corrected chi connectivity index (χ1v) is 6.62. The molecule has 2 rings (SSSR count). The summed E-state index contributed by atoms with van der Waals surface area (Å²) < 4.78 is 0. The standard InChI is InChI=1S/C15H19NO2/c1-2-3-5-10-14(17)13-11-15(18-16-13)12-8-6-4-7-9-12/h4,6-9,15H,2-3,5,10-11H2,1H3. The van der Waals surface area contributed by atoms with Gasteiger partial charge in [-0.1, -0.05) is 55.3 Å². The lowest BCUT2D eigenvalue weighted by Gasteiger charge is -2.07.